The number of urea groups is 1. The summed E-state index contributed by atoms with van der Waals surface area (Å²) in [6.45, 7) is 6.90. The first-order valence-corrected chi connectivity index (χ1v) is 6.89. The van der Waals surface area contributed by atoms with E-state index < -0.39 is 6.03 Å². The zero-order chi connectivity index (χ0) is 16.8. The lowest BCUT2D eigenvalue weighted by molar-refractivity contribution is -0.121. The van der Waals surface area contributed by atoms with E-state index in [1.807, 2.05) is 20.8 Å². The minimum absolute atomic E-state index is 0.104. The van der Waals surface area contributed by atoms with Gasteiger partial charge in [-0.1, -0.05) is 0 Å². The van der Waals surface area contributed by atoms with Gasteiger partial charge in [0, 0.05) is 23.8 Å². The van der Waals surface area contributed by atoms with Crippen LogP contribution in [0.5, 0.6) is 0 Å². The first-order chi connectivity index (χ1) is 10.2. The molecule has 1 aromatic rings. The van der Waals surface area contributed by atoms with E-state index in [1.165, 1.54) is 6.92 Å². The topological polar surface area (TPSA) is 99.3 Å². The molecular formula is C15H22N4O3. The SMILES string of the molecule is CC(=O)Nc1ccc(NC(=O)NCC(=O)NC(C)(C)C)cc1. The van der Waals surface area contributed by atoms with Crippen molar-refractivity contribution in [2.75, 3.05) is 17.2 Å². The monoisotopic (exact) mass is 306 g/mol. The molecule has 1 aromatic carbocycles. The summed E-state index contributed by atoms with van der Waals surface area (Å²) in [7, 11) is 0. The fraction of sp³-hybridized carbons (Fsp3) is 0.400. The Kier molecular flexibility index (Phi) is 5.91. The Labute approximate surface area is 129 Å². The Bertz CT molecular complexity index is 547. The molecule has 22 heavy (non-hydrogen) atoms. The second-order valence-electron chi connectivity index (χ2n) is 5.86. The van der Waals surface area contributed by atoms with E-state index in [2.05, 4.69) is 21.3 Å². The molecule has 0 radical (unpaired) electrons. The zero-order valence-electron chi connectivity index (χ0n) is 13.2. The predicted molar refractivity (Wildman–Crippen MR) is 85.7 cm³/mol. The van der Waals surface area contributed by atoms with E-state index in [0.29, 0.717) is 11.4 Å². The van der Waals surface area contributed by atoms with Crippen LogP contribution in [0.3, 0.4) is 0 Å². The van der Waals surface area contributed by atoms with Gasteiger partial charge in [0.1, 0.15) is 0 Å². The summed E-state index contributed by atoms with van der Waals surface area (Å²) < 4.78 is 0. The van der Waals surface area contributed by atoms with Crippen LogP contribution in [0.4, 0.5) is 16.2 Å². The summed E-state index contributed by atoms with van der Waals surface area (Å²) in [4.78, 5) is 34.1. The summed E-state index contributed by atoms with van der Waals surface area (Å²) in [6, 6.07) is 6.17. The Hall–Kier alpha value is -2.57. The van der Waals surface area contributed by atoms with Gasteiger partial charge in [-0.2, -0.15) is 0 Å². The number of benzene rings is 1. The number of anilines is 2. The molecule has 0 heterocycles. The molecular weight excluding hydrogens is 284 g/mol. The number of nitrogens with one attached hydrogen (secondary N) is 4. The maximum absolute atomic E-state index is 11.7. The van der Waals surface area contributed by atoms with Gasteiger partial charge in [0.25, 0.3) is 0 Å². The average Bonchev–Trinajstić information content (AvgIpc) is 2.36. The lowest BCUT2D eigenvalue weighted by Gasteiger charge is -2.20. The highest BCUT2D eigenvalue weighted by molar-refractivity contribution is 5.93. The maximum Gasteiger partial charge on any atom is 0.319 e. The first-order valence-electron chi connectivity index (χ1n) is 6.89. The van der Waals surface area contributed by atoms with Crippen LogP contribution in [0.15, 0.2) is 24.3 Å². The minimum atomic E-state index is -0.476. The summed E-state index contributed by atoms with van der Waals surface area (Å²) >= 11 is 0. The normalized spacial score (nSPS) is 10.5. The third-order valence-electron chi connectivity index (χ3n) is 2.39. The van der Waals surface area contributed by atoms with Gasteiger partial charge in [0.05, 0.1) is 6.54 Å². The summed E-state index contributed by atoms with van der Waals surface area (Å²) in [6.07, 6.45) is 0. The van der Waals surface area contributed by atoms with Crippen molar-refractivity contribution in [1.29, 1.82) is 0 Å². The molecule has 0 saturated heterocycles. The predicted octanol–water partition coefficient (Wildman–Crippen LogP) is 1.68. The lowest BCUT2D eigenvalue weighted by Crippen LogP contribution is -2.46. The van der Waals surface area contributed by atoms with Crippen LogP contribution in [0.2, 0.25) is 0 Å². The van der Waals surface area contributed by atoms with E-state index in [9.17, 15) is 14.4 Å². The minimum Gasteiger partial charge on any atom is -0.350 e. The van der Waals surface area contributed by atoms with Crippen LogP contribution >= 0.6 is 0 Å². The van der Waals surface area contributed by atoms with Gasteiger partial charge in [-0.3, -0.25) is 9.59 Å². The van der Waals surface area contributed by atoms with Crippen LogP contribution < -0.4 is 21.3 Å². The van der Waals surface area contributed by atoms with Gasteiger partial charge in [-0.15, -0.1) is 0 Å². The van der Waals surface area contributed by atoms with Gasteiger partial charge in [0.2, 0.25) is 11.8 Å². The molecule has 0 aliphatic heterocycles. The molecule has 0 unspecified atom stereocenters. The molecule has 0 aliphatic rings. The second kappa shape index (κ2) is 7.44. The van der Waals surface area contributed by atoms with Crippen LogP contribution in [0, 0.1) is 0 Å². The molecule has 0 atom stereocenters. The third kappa shape index (κ3) is 7.28. The second-order valence-corrected chi connectivity index (χ2v) is 5.86. The molecule has 4 amide bonds. The van der Waals surface area contributed by atoms with Gasteiger partial charge >= 0.3 is 6.03 Å². The van der Waals surface area contributed by atoms with Crippen molar-refractivity contribution in [1.82, 2.24) is 10.6 Å². The molecule has 0 saturated carbocycles. The quantitative estimate of drug-likeness (QED) is 0.681. The van der Waals surface area contributed by atoms with Crippen molar-refractivity contribution in [3.63, 3.8) is 0 Å². The van der Waals surface area contributed by atoms with E-state index in [1.54, 1.807) is 24.3 Å². The van der Waals surface area contributed by atoms with E-state index in [-0.39, 0.29) is 23.9 Å². The zero-order valence-corrected chi connectivity index (χ0v) is 13.2. The fourth-order valence-corrected chi connectivity index (χ4v) is 1.64. The van der Waals surface area contributed by atoms with Crippen molar-refractivity contribution < 1.29 is 14.4 Å². The van der Waals surface area contributed by atoms with E-state index in [4.69, 9.17) is 0 Å². The summed E-state index contributed by atoms with van der Waals surface area (Å²) in [5.74, 6) is -0.424. The standard InChI is InChI=1S/C15H22N4O3/c1-10(20)17-11-5-7-12(8-6-11)18-14(22)16-9-13(21)19-15(2,3)4/h5-8H,9H2,1-4H3,(H,17,20)(H,19,21)(H2,16,18,22). The van der Waals surface area contributed by atoms with E-state index in [0.717, 1.165) is 0 Å². The molecule has 0 bridgehead atoms. The molecule has 7 nitrogen and oxygen atoms in total. The van der Waals surface area contributed by atoms with Crippen LogP contribution in [-0.4, -0.2) is 29.9 Å². The number of rotatable bonds is 4. The van der Waals surface area contributed by atoms with Crippen LogP contribution in [0.1, 0.15) is 27.7 Å². The molecule has 0 spiro atoms. The molecule has 4 N–H and O–H groups in total. The highest BCUT2D eigenvalue weighted by atomic mass is 16.2. The van der Waals surface area contributed by atoms with Crippen LogP contribution in [0.25, 0.3) is 0 Å². The van der Waals surface area contributed by atoms with Gasteiger partial charge in [-0.25, -0.2) is 4.79 Å². The Morgan fingerprint density at radius 1 is 0.955 bits per heavy atom. The van der Waals surface area contributed by atoms with Gasteiger partial charge in [-0.05, 0) is 45.0 Å². The van der Waals surface area contributed by atoms with Crippen molar-refractivity contribution in [3.05, 3.63) is 24.3 Å². The molecule has 120 valence electrons. The number of hydrogen-bond acceptors (Lipinski definition) is 3. The summed E-state index contributed by atoms with van der Waals surface area (Å²) in [5, 5.41) is 10.4. The average molecular weight is 306 g/mol. The maximum atomic E-state index is 11.7. The number of carbonyl (C=O) groups excluding carboxylic acids is 3. The van der Waals surface area contributed by atoms with Gasteiger partial charge < -0.3 is 21.3 Å². The molecule has 0 aromatic heterocycles. The van der Waals surface area contributed by atoms with Crippen molar-refractivity contribution in [2.24, 2.45) is 0 Å². The fourth-order valence-electron chi connectivity index (χ4n) is 1.64. The molecule has 0 aliphatic carbocycles. The van der Waals surface area contributed by atoms with Crippen molar-refractivity contribution >= 4 is 29.2 Å². The number of amides is 4. The first kappa shape index (κ1) is 17.5. The van der Waals surface area contributed by atoms with Crippen molar-refractivity contribution in [2.45, 2.75) is 33.2 Å². The molecule has 0 fully saturated rings. The highest BCUT2D eigenvalue weighted by Crippen LogP contribution is 2.13. The number of hydrogen-bond donors (Lipinski definition) is 4. The van der Waals surface area contributed by atoms with E-state index >= 15 is 0 Å². The Morgan fingerprint density at radius 2 is 1.45 bits per heavy atom. The highest BCUT2D eigenvalue weighted by Gasteiger charge is 2.14. The number of carbonyl (C=O) groups is 3. The molecule has 7 heteroatoms. The summed E-state index contributed by atoms with van der Waals surface area (Å²) in [5.41, 5.74) is 0.861. The Morgan fingerprint density at radius 3 is 1.91 bits per heavy atom. The van der Waals surface area contributed by atoms with Gasteiger partial charge in [0.15, 0.2) is 0 Å². The lowest BCUT2D eigenvalue weighted by atomic mass is 10.1. The smallest absolute Gasteiger partial charge is 0.319 e. The van der Waals surface area contributed by atoms with Crippen molar-refractivity contribution in [3.8, 4) is 0 Å². The molecule has 1 rings (SSSR count). The van der Waals surface area contributed by atoms with Crippen LogP contribution in [-0.2, 0) is 9.59 Å². The Balaban J connectivity index is 2.42. The third-order valence-corrected chi connectivity index (χ3v) is 2.39. The largest absolute Gasteiger partial charge is 0.350 e.